The molecule has 1 amide bonds. The Kier molecular flexibility index (Phi) is 4.56. The van der Waals surface area contributed by atoms with Crippen LogP contribution in [-0.2, 0) is 23.0 Å². The molecule has 3 aromatic rings. The molecule has 3 N–H and O–H groups in total. The molecule has 2 aromatic heterocycles. The van der Waals surface area contributed by atoms with Gasteiger partial charge in [-0.3, -0.25) is 14.2 Å². The number of nitrogens with one attached hydrogen (secondary N) is 1. The second kappa shape index (κ2) is 6.80. The maximum absolute atomic E-state index is 12.8. The van der Waals surface area contributed by atoms with Crippen LogP contribution in [0.15, 0.2) is 34.0 Å². The Bertz CT molecular complexity index is 1260. The first-order valence-corrected chi connectivity index (χ1v) is 11.1. The van der Waals surface area contributed by atoms with E-state index in [1.807, 2.05) is 0 Å². The van der Waals surface area contributed by atoms with Crippen LogP contribution in [0.1, 0.15) is 33.9 Å². The Hall–Kier alpha value is -2.56. The first-order valence-electron chi connectivity index (χ1n) is 8.73. The third-order valence-corrected chi connectivity index (χ3v) is 6.92. The van der Waals surface area contributed by atoms with Crippen LogP contribution in [0.2, 0.25) is 0 Å². The van der Waals surface area contributed by atoms with Gasteiger partial charge in [-0.15, -0.1) is 11.3 Å². The number of benzene rings is 1. The molecular weight excluding hydrogens is 400 g/mol. The fraction of sp³-hybridized carbons (Fsp3) is 0.278. The molecule has 10 heteroatoms. The number of carbonyl (C=O) groups is 1. The lowest BCUT2D eigenvalue weighted by molar-refractivity contribution is 0.103. The summed E-state index contributed by atoms with van der Waals surface area (Å²) in [6, 6.07) is 5.58. The van der Waals surface area contributed by atoms with Crippen LogP contribution in [0.25, 0.3) is 10.2 Å². The summed E-state index contributed by atoms with van der Waals surface area (Å²) < 4.78 is 24.4. The predicted octanol–water partition coefficient (Wildman–Crippen LogP) is 2.00. The van der Waals surface area contributed by atoms with E-state index < -0.39 is 10.0 Å². The van der Waals surface area contributed by atoms with E-state index >= 15 is 0 Å². The molecule has 1 aliphatic rings. The van der Waals surface area contributed by atoms with Gasteiger partial charge in [0.25, 0.3) is 11.5 Å². The molecule has 0 aliphatic carbocycles. The average Bonchev–Trinajstić information content (AvgIpc) is 2.98. The van der Waals surface area contributed by atoms with Gasteiger partial charge in [-0.05, 0) is 49.6 Å². The molecule has 146 valence electrons. The van der Waals surface area contributed by atoms with Crippen LogP contribution in [0.5, 0.6) is 0 Å². The fourth-order valence-corrected chi connectivity index (χ4v) is 4.97. The standard InChI is InChI=1S/C18H18N4O4S2/c1-10-14-17(21-13-4-2-3-9-22(13)18(14)24)27-15(10)16(23)20-11-5-7-12(8-6-11)28(19,25)26/h5-8H,2-4,9H2,1H3,(H,20,23)(H2,19,25,26). The molecule has 8 nitrogen and oxygen atoms in total. The Morgan fingerprint density at radius 2 is 1.96 bits per heavy atom. The minimum absolute atomic E-state index is 0.0358. The number of nitrogens with two attached hydrogens (primary N) is 1. The molecule has 0 atom stereocenters. The van der Waals surface area contributed by atoms with Gasteiger partial charge in [0.15, 0.2) is 0 Å². The summed E-state index contributed by atoms with van der Waals surface area (Å²) >= 11 is 1.19. The van der Waals surface area contributed by atoms with Gasteiger partial charge in [0.05, 0.1) is 15.2 Å². The second-order valence-electron chi connectivity index (χ2n) is 6.70. The summed E-state index contributed by atoms with van der Waals surface area (Å²) in [5.74, 6) is 0.404. The number of aromatic nitrogens is 2. The van der Waals surface area contributed by atoms with E-state index in [1.165, 1.54) is 35.6 Å². The van der Waals surface area contributed by atoms with E-state index in [4.69, 9.17) is 5.14 Å². The van der Waals surface area contributed by atoms with Gasteiger partial charge in [0.1, 0.15) is 10.7 Å². The van der Waals surface area contributed by atoms with Crippen molar-refractivity contribution in [2.75, 3.05) is 5.32 Å². The first kappa shape index (κ1) is 18.8. The lowest BCUT2D eigenvalue weighted by atomic mass is 10.1. The minimum Gasteiger partial charge on any atom is -0.321 e. The molecule has 4 rings (SSSR count). The molecule has 1 aromatic carbocycles. The third-order valence-electron chi connectivity index (χ3n) is 4.81. The SMILES string of the molecule is Cc1c(C(=O)Nc2ccc(S(N)(=O)=O)cc2)sc2nc3n(c(=O)c12)CCCC3. The minimum atomic E-state index is -3.79. The molecule has 28 heavy (non-hydrogen) atoms. The highest BCUT2D eigenvalue weighted by Gasteiger charge is 2.22. The van der Waals surface area contributed by atoms with Gasteiger partial charge in [-0.2, -0.15) is 0 Å². The number of carbonyl (C=O) groups excluding carboxylic acids is 1. The molecule has 1 aliphatic heterocycles. The predicted molar refractivity (Wildman–Crippen MR) is 107 cm³/mol. The average molecular weight is 419 g/mol. The molecule has 0 spiro atoms. The van der Waals surface area contributed by atoms with E-state index in [1.54, 1.807) is 11.5 Å². The van der Waals surface area contributed by atoms with Crippen LogP contribution < -0.4 is 16.0 Å². The molecule has 0 radical (unpaired) electrons. The number of primary sulfonamides is 1. The lowest BCUT2D eigenvalue weighted by Crippen LogP contribution is -2.28. The topological polar surface area (TPSA) is 124 Å². The molecule has 3 heterocycles. The Labute approximate surface area is 165 Å². The van der Waals surface area contributed by atoms with Crippen molar-refractivity contribution >= 4 is 43.2 Å². The van der Waals surface area contributed by atoms with Crippen molar-refractivity contribution in [2.24, 2.45) is 5.14 Å². The number of hydrogen-bond acceptors (Lipinski definition) is 6. The molecular formula is C18H18N4O4S2. The van der Waals surface area contributed by atoms with Gasteiger partial charge in [0.2, 0.25) is 10.0 Å². The normalized spacial score (nSPS) is 14.1. The van der Waals surface area contributed by atoms with Crippen molar-refractivity contribution < 1.29 is 13.2 Å². The number of amides is 1. The zero-order valence-corrected chi connectivity index (χ0v) is 16.7. The number of rotatable bonds is 3. The summed E-state index contributed by atoms with van der Waals surface area (Å²) in [7, 11) is -3.79. The zero-order chi connectivity index (χ0) is 20.1. The van der Waals surface area contributed by atoms with Crippen LogP contribution in [0.3, 0.4) is 0 Å². The van der Waals surface area contributed by atoms with Crippen LogP contribution in [0, 0.1) is 6.92 Å². The number of hydrogen-bond donors (Lipinski definition) is 2. The summed E-state index contributed by atoms with van der Waals surface area (Å²) in [6.07, 6.45) is 2.72. The van der Waals surface area contributed by atoms with Gasteiger partial charge in [-0.25, -0.2) is 18.5 Å². The van der Waals surface area contributed by atoms with Crippen LogP contribution >= 0.6 is 11.3 Å². The summed E-state index contributed by atoms with van der Waals surface area (Å²) in [4.78, 5) is 31.1. The molecule has 0 saturated heterocycles. The summed E-state index contributed by atoms with van der Waals surface area (Å²) in [5, 5.41) is 8.29. The van der Waals surface area contributed by atoms with E-state index in [9.17, 15) is 18.0 Å². The Morgan fingerprint density at radius 1 is 1.25 bits per heavy atom. The van der Waals surface area contributed by atoms with E-state index in [2.05, 4.69) is 10.3 Å². The Balaban J connectivity index is 1.69. The van der Waals surface area contributed by atoms with Crippen LogP contribution in [-0.4, -0.2) is 23.9 Å². The highest BCUT2D eigenvalue weighted by molar-refractivity contribution is 7.89. The maximum atomic E-state index is 12.8. The number of anilines is 1. The van der Waals surface area contributed by atoms with Crippen molar-refractivity contribution in [3.05, 3.63) is 50.9 Å². The highest BCUT2D eigenvalue weighted by Crippen LogP contribution is 2.29. The number of fused-ring (bicyclic) bond motifs is 2. The van der Waals surface area contributed by atoms with E-state index in [-0.39, 0.29) is 16.4 Å². The summed E-state index contributed by atoms with van der Waals surface area (Å²) in [5.41, 5.74) is 0.945. The number of nitrogens with zero attached hydrogens (tertiary/aromatic N) is 2. The van der Waals surface area contributed by atoms with Crippen molar-refractivity contribution in [1.82, 2.24) is 9.55 Å². The number of aryl methyl sites for hydroxylation is 2. The molecule has 0 fully saturated rings. The first-order chi connectivity index (χ1) is 13.3. The monoisotopic (exact) mass is 418 g/mol. The Morgan fingerprint density at radius 3 is 2.64 bits per heavy atom. The van der Waals surface area contributed by atoms with Gasteiger partial charge < -0.3 is 5.32 Å². The number of sulfonamides is 1. The van der Waals surface area contributed by atoms with Crippen molar-refractivity contribution in [3.8, 4) is 0 Å². The quantitative estimate of drug-likeness (QED) is 0.673. The number of thiophene rings is 1. The van der Waals surface area contributed by atoms with Gasteiger partial charge in [-0.1, -0.05) is 0 Å². The third kappa shape index (κ3) is 3.23. The van der Waals surface area contributed by atoms with Crippen molar-refractivity contribution in [2.45, 2.75) is 37.6 Å². The van der Waals surface area contributed by atoms with Gasteiger partial charge >= 0.3 is 0 Å². The molecule has 0 unspecified atom stereocenters. The smallest absolute Gasteiger partial charge is 0.266 e. The highest BCUT2D eigenvalue weighted by atomic mass is 32.2. The van der Waals surface area contributed by atoms with Crippen molar-refractivity contribution in [1.29, 1.82) is 0 Å². The van der Waals surface area contributed by atoms with Crippen LogP contribution in [0.4, 0.5) is 5.69 Å². The lowest BCUT2D eigenvalue weighted by Gasteiger charge is -2.16. The molecule has 0 bridgehead atoms. The second-order valence-corrected chi connectivity index (χ2v) is 9.26. The molecule has 0 saturated carbocycles. The van der Waals surface area contributed by atoms with E-state index in [0.717, 1.165) is 25.1 Å². The largest absolute Gasteiger partial charge is 0.321 e. The summed E-state index contributed by atoms with van der Waals surface area (Å²) in [6.45, 7) is 2.40. The van der Waals surface area contributed by atoms with Gasteiger partial charge in [0, 0.05) is 18.7 Å². The fourth-order valence-electron chi connectivity index (χ4n) is 3.37. The zero-order valence-electron chi connectivity index (χ0n) is 15.1. The maximum Gasteiger partial charge on any atom is 0.266 e. The van der Waals surface area contributed by atoms with Crippen molar-refractivity contribution in [3.63, 3.8) is 0 Å². The van der Waals surface area contributed by atoms with E-state index in [0.29, 0.717) is 32.9 Å².